The van der Waals surface area contributed by atoms with Gasteiger partial charge in [-0.15, -0.1) is 11.8 Å². The molecule has 0 aliphatic carbocycles. The fraction of sp³-hybridized carbons (Fsp3) is 0.733. The molecule has 2 rings (SSSR count). The normalized spacial score (nSPS) is 23.0. The summed E-state index contributed by atoms with van der Waals surface area (Å²) in [4.78, 5) is 25.4. The highest BCUT2D eigenvalue weighted by molar-refractivity contribution is 8.00. The van der Waals surface area contributed by atoms with Gasteiger partial charge in [-0.2, -0.15) is 0 Å². The van der Waals surface area contributed by atoms with Crippen LogP contribution in [0.25, 0.3) is 0 Å². The van der Waals surface area contributed by atoms with E-state index in [-0.39, 0.29) is 21.7 Å². The number of aromatic nitrogens is 2. The zero-order valence-corrected chi connectivity index (χ0v) is 16.3. The van der Waals surface area contributed by atoms with Crippen molar-refractivity contribution in [2.24, 2.45) is 0 Å². The molecule has 1 fully saturated rings. The molecule has 8 heteroatoms. The van der Waals surface area contributed by atoms with Crippen LogP contribution in [0.3, 0.4) is 0 Å². The Bertz CT molecular complexity index is 650. The fourth-order valence-electron chi connectivity index (χ4n) is 2.12. The monoisotopic (exact) mass is 357 g/mol. The van der Waals surface area contributed by atoms with Gasteiger partial charge in [0.1, 0.15) is 0 Å². The molecule has 6 nitrogen and oxygen atoms in total. The zero-order chi connectivity index (χ0) is 17.3. The van der Waals surface area contributed by atoms with E-state index < -0.39 is 8.32 Å². The number of aromatic amines is 1. The summed E-state index contributed by atoms with van der Waals surface area (Å²) >= 11 is 1.73. The molecule has 1 aliphatic rings. The van der Waals surface area contributed by atoms with E-state index in [2.05, 4.69) is 44.2 Å². The predicted molar refractivity (Wildman–Crippen MR) is 97.8 cm³/mol. The van der Waals surface area contributed by atoms with Crippen LogP contribution in [0.2, 0.25) is 18.1 Å². The van der Waals surface area contributed by atoms with Crippen LogP contribution >= 0.6 is 11.8 Å². The van der Waals surface area contributed by atoms with E-state index in [4.69, 9.17) is 4.43 Å². The molecule has 0 bridgehead atoms. The van der Waals surface area contributed by atoms with Crippen LogP contribution in [0.1, 0.15) is 26.1 Å². The van der Waals surface area contributed by atoms with Crippen LogP contribution in [0, 0.1) is 0 Å². The molecule has 0 unspecified atom stereocenters. The van der Waals surface area contributed by atoms with Crippen molar-refractivity contribution in [2.75, 3.05) is 19.7 Å². The first-order chi connectivity index (χ1) is 10.6. The van der Waals surface area contributed by atoms with E-state index in [0.717, 1.165) is 6.54 Å². The lowest BCUT2D eigenvalue weighted by molar-refractivity contribution is 0.281. The van der Waals surface area contributed by atoms with E-state index in [1.165, 1.54) is 6.07 Å². The Hall–Kier alpha value is -0.833. The van der Waals surface area contributed by atoms with Gasteiger partial charge in [-0.1, -0.05) is 20.8 Å². The first-order valence-electron chi connectivity index (χ1n) is 7.92. The van der Waals surface area contributed by atoms with Gasteiger partial charge in [0.05, 0.1) is 5.37 Å². The molecular formula is C15H27N3O3SSi. The first-order valence-corrected chi connectivity index (χ1v) is 11.8. The maximum atomic E-state index is 11.9. The topological polar surface area (TPSA) is 76.1 Å². The number of H-pyrrole nitrogens is 1. The predicted octanol–water partition coefficient (Wildman–Crippen LogP) is 1.76. The highest BCUT2D eigenvalue weighted by Crippen LogP contribution is 2.37. The Kier molecular flexibility index (Phi) is 5.60. The third kappa shape index (κ3) is 4.59. The second-order valence-corrected chi connectivity index (χ2v) is 13.8. The molecule has 130 valence electrons. The molecule has 1 aliphatic heterocycles. The average molecular weight is 358 g/mol. The van der Waals surface area contributed by atoms with Gasteiger partial charge in [0.2, 0.25) is 0 Å². The van der Waals surface area contributed by atoms with Crippen LogP contribution in [-0.4, -0.2) is 42.8 Å². The van der Waals surface area contributed by atoms with Gasteiger partial charge in [-0.05, 0) is 18.1 Å². The minimum Gasteiger partial charge on any atom is -0.416 e. The minimum absolute atomic E-state index is 0.0267. The highest BCUT2D eigenvalue weighted by Gasteiger charge is 2.38. The largest absolute Gasteiger partial charge is 0.416 e. The summed E-state index contributed by atoms with van der Waals surface area (Å²) in [5.41, 5.74) is -0.722. The summed E-state index contributed by atoms with van der Waals surface area (Å²) in [6.45, 7) is 13.4. The SMILES string of the molecule is CC(C)(C)[Si](C)(C)OC[C@@H]1CNC[C@H](n2ccc(=O)[nH]c2=O)S1. The summed E-state index contributed by atoms with van der Waals surface area (Å²) < 4.78 is 7.88. The van der Waals surface area contributed by atoms with Crippen LogP contribution in [0.15, 0.2) is 21.9 Å². The average Bonchev–Trinajstić information content (AvgIpc) is 2.44. The van der Waals surface area contributed by atoms with Crippen molar-refractivity contribution < 1.29 is 4.43 Å². The molecule has 0 aromatic carbocycles. The van der Waals surface area contributed by atoms with Gasteiger partial charge in [0, 0.05) is 37.2 Å². The molecular weight excluding hydrogens is 330 g/mol. The highest BCUT2D eigenvalue weighted by atomic mass is 32.2. The Morgan fingerprint density at radius 1 is 1.35 bits per heavy atom. The molecule has 1 saturated heterocycles. The van der Waals surface area contributed by atoms with Crippen molar-refractivity contribution >= 4 is 20.1 Å². The minimum atomic E-state index is -1.77. The molecule has 1 aromatic rings. The van der Waals surface area contributed by atoms with Crippen LogP contribution in [0.5, 0.6) is 0 Å². The van der Waals surface area contributed by atoms with Gasteiger partial charge in [0.25, 0.3) is 5.56 Å². The first kappa shape index (κ1) is 18.5. The van der Waals surface area contributed by atoms with E-state index in [9.17, 15) is 9.59 Å². The lowest BCUT2D eigenvalue weighted by Gasteiger charge is -2.38. The molecule has 23 heavy (non-hydrogen) atoms. The van der Waals surface area contributed by atoms with Crippen LogP contribution in [-0.2, 0) is 4.43 Å². The van der Waals surface area contributed by atoms with E-state index in [1.54, 1.807) is 22.5 Å². The number of nitrogens with zero attached hydrogens (tertiary/aromatic N) is 1. The number of hydrogen-bond acceptors (Lipinski definition) is 5. The molecule has 2 heterocycles. The van der Waals surface area contributed by atoms with Crippen molar-refractivity contribution in [3.63, 3.8) is 0 Å². The van der Waals surface area contributed by atoms with Crippen LogP contribution in [0.4, 0.5) is 0 Å². The van der Waals surface area contributed by atoms with Gasteiger partial charge in [-0.3, -0.25) is 14.3 Å². The number of rotatable bonds is 4. The molecule has 2 atom stereocenters. The summed E-state index contributed by atoms with van der Waals surface area (Å²) in [7, 11) is -1.77. The number of thioether (sulfide) groups is 1. The molecule has 0 spiro atoms. The van der Waals surface area contributed by atoms with Gasteiger partial charge < -0.3 is 9.74 Å². The Balaban J connectivity index is 2.01. The van der Waals surface area contributed by atoms with Crippen molar-refractivity contribution in [3.05, 3.63) is 33.1 Å². The Labute approximate surface area is 142 Å². The quantitative estimate of drug-likeness (QED) is 0.803. The zero-order valence-electron chi connectivity index (χ0n) is 14.5. The van der Waals surface area contributed by atoms with E-state index >= 15 is 0 Å². The van der Waals surface area contributed by atoms with Crippen molar-refractivity contribution in [2.45, 2.75) is 49.5 Å². The standard InChI is InChI=1S/C15H27N3O3SSi/c1-15(2,3)23(4,5)21-10-11-8-16-9-13(22-11)18-7-6-12(19)17-14(18)20/h6-7,11,13,16H,8-10H2,1-5H3,(H,17,19,20)/t11-,13+/m0/s1. The third-order valence-corrected chi connectivity index (χ3v) is 10.5. The molecule has 0 amide bonds. The van der Waals surface area contributed by atoms with Gasteiger partial charge >= 0.3 is 5.69 Å². The Morgan fingerprint density at radius 2 is 2.04 bits per heavy atom. The molecule has 2 N–H and O–H groups in total. The summed E-state index contributed by atoms with van der Waals surface area (Å²) in [5, 5.41) is 3.82. The van der Waals surface area contributed by atoms with Crippen molar-refractivity contribution in [1.82, 2.24) is 14.9 Å². The van der Waals surface area contributed by atoms with E-state index in [1.807, 2.05) is 0 Å². The third-order valence-electron chi connectivity index (χ3n) is 4.64. The van der Waals surface area contributed by atoms with E-state index in [0.29, 0.717) is 18.4 Å². The summed E-state index contributed by atoms with van der Waals surface area (Å²) in [6.07, 6.45) is 1.57. The van der Waals surface area contributed by atoms with Crippen LogP contribution < -0.4 is 16.6 Å². The lowest BCUT2D eigenvalue weighted by atomic mass is 10.2. The molecule has 1 aromatic heterocycles. The van der Waals surface area contributed by atoms with Crippen molar-refractivity contribution in [1.29, 1.82) is 0 Å². The maximum absolute atomic E-state index is 11.9. The maximum Gasteiger partial charge on any atom is 0.329 e. The summed E-state index contributed by atoms with van der Waals surface area (Å²) in [5.74, 6) is 0. The second kappa shape index (κ2) is 6.96. The van der Waals surface area contributed by atoms with Gasteiger partial charge in [0.15, 0.2) is 8.32 Å². The molecule has 0 radical (unpaired) electrons. The van der Waals surface area contributed by atoms with Gasteiger partial charge in [-0.25, -0.2) is 4.79 Å². The number of nitrogens with one attached hydrogen (secondary N) is 2. The molecule has 0 saturated carbocycles. The van der Waals surface area contributed by atoms with Crippen molar-refractivity contribution in [3.8, 4) is 0 Å². The Morgan fingerprint density at radius 3 is 2.65 bits per heavy atom. The lowest BCUT2D eigenvalue weighted by Crippen LogP contribution is -2.46. The fourth-order valence-corrected chi connectivity index (χ4v) is 4.61. The number of hydrogen-bond donors (Lipinski definition) is 2. The smallest absolute Gasteiger partial charge is 0.329 e. The summed E-state index contributed by atoms with van der Waals surface area (Å²) in [6, 6.07) is 1.39. The second-order valence-electron chi connectivity index (χ2n) is 7.46.